The molecule has 0 bridgehead atoms. The Morgan fingerprint density at radius 1 is 1.30 bits per heavy atom. The van der Waals surface area contributed by atoms with Gasteiger partial charge < -0.3 is 10.2 Å². The van der Waals surface area contributed by atoms with Crippen LogP contribution in [-0.4, -0.2) is 45.3 Å². The number of carbonyl (C=O) groups is 1. The molecule has 122 valence electrons. The monoisotopic (exact) mass is 334 g/mol. The van der Waals surface area contributed by atoms with Crippen molar-refractivity contribution in [3.63, 3.8) is 0 Å². The van der Waals surface area contributed by atoms with E-state index >= 15 is 0 Å². The van der Waals surface area contributed by atoms with Crippen LogP contribution in [0.3, 0.4) is 0 Å². The molecule has 7 heteroatoms. The second-order valence-corrected chi connectivity index (χ2v) is 6.64. The lowest BCUT2D eigenvalue weighted by atomic mass is 10.2. The second kappa shape index (κ2) is 7.04. The molecule has 1 fully saturated rings. The molecule has 2 amide bonds. The largest absolute Gasteiger partial charge is 0.334 e. The lowest BCUT2D eigenvalue weighted by molar-refractivity contribution is 0.202. The zero-order chi connectivity index (χ0) is 16.2. The van der Waals surface area contributed by atoms with Gasteiger partial charge in [-0.15, -0.1) is 0 Å². The smallest absolute Gasteiger partial charge is 0.317 e. The van der Waals surface area contributed by atoms with Crippen molar-refractivity contribution < 1.29 is 9.18 Å². The number of hydrogen-bond acceptors (Lipinski definition) is 3. The second-order valence-electron chi connectivity index (χ2n) is 5.42. The van der Waals surface area contributed by atoms with Crippen LogP contribution < -0.4 is 5.32 Å². The van der Waals surface area contributed by atoms with Crippen LogP contribution in [0.5, 0.6) is 0 Å². The van der Waals surface area contributed by atoms with E-state index < -0.39 is 0 Å². The van der Waals surface area contributed by atoms with Crippen LogP contribution in [0.4, 0.5) is 9.18 Å². The van der Waals surface area contributed by atoms with Gasteiger partial charge in [-0.1, -0.05) is 0 Å². The number of urea groups is 1. The van der Waals surface area contributed by atoms with Crippen molar-refractivity contribution in [2.75, 3.05) is 24.6 Å². The molecule has 3 rings (SSSR count). The SMILES string of the molecule is Cc1nn(-c2ccc(F)cc2)cc1CNC(=O)N1CCSCC1. The summed E-state index contributed by atoms with van der Waals surface area (Å²) in [6.07, 6.45) is 1.87. The van der Waals surface area contributed by atoms with Gasteiger partial charge in [0.1, 0.15) is 5.82 Å². The molecular weight excluding hydrogens is 315 g/mol. The normalized spacial score (nSPS) is 14.8. The molecule has 0 aliphatic carbocycles. The minimum Gasteiger partial charge on any atom is -0.334 e. The minimum absolute atomic E-state index is 0.0285. The Labute approximate surface area is 138 Å². The predicted molar refractivity (Wildman–Crippen MR) is 89.4 cm³/mol. The quantitative estimate of drug-likeness (QED) is 0.939. The maximum atomic E-state index is 13.0. The first-order valence-electron chi connectivity index (χ1n) is 7.55. The molecule has 0 saturated carbocycles. The highest BCUT2D eigenvalue weighted by Crippen LogP contribution is 2.13. The van der Waals surface area contributed by atoms with Crippen molar-refractivity contribution in [2.45, 2.75) is 13.5 Å². The summed E-state index contributed by atoms with van der Waals surface area (Å²) in [5.74, 6) is 1.72. The third kappa shape index (κ3) is 3.85. The summed E-state index contributed by atoms with van der Waals surface area (Å²) < 4.78 is 14.7. The van der Waals surface area contributed by atoms with E-state index in [0.717, 1.165) is 41.5 Å². The third-order valence-corrected chi connectivity index (χ3v) is 4.76. The van der Waals surface area contributed by atoms with Gasteiger partial charge in [-0.3, -0.25) is 0 Å². The summed E-state index contributed by atoms with van der Waals surface area (Å²) in [5.41, 5.74) is 2.60. The summed E-state index contributed by atoms with van der Waals surface area (Å²) in [6, 6.07) is 6.13. The maximum Gasteiger partial charge on any atom is 0.317 e. The van der Waals surface area contributed by atoms with Gasteiger partial charge >= 0.3 is 6.03 Å². The highest BCUT2D eigenvalue weighted by Gasteiger charge is 2.17. The van der Waals surface area contributed by atoms with Crippen molar-refractivity contribution in [1.29, 1.82) is 0 Å². The standard InChI is InChI=1S/C16H19FN4OS/c1-12-13(10-18-16(22)20-6-8-23-9-7-20)11-21(19-12)15-4-2-14(17)3-5-15/h2-5,11H,6-10H2,1H3,(H,18,22). The zero-order valence-corrected chi connectivity index (χ0v) is 13.8. The Balaban J connectivity index is 1.64. The lowest BCUT2D eigenvalue weighted by Crippen LogP contribution is -2.44. The van der Waals surface area contributed by atoms with Crippen LogP contribution in [0.15, 0.2) is 30.5 Å². The van der Waals surface area contributed by atoms with Crippen molar-refractivity contribution in [2.24, 2.45) is 0 Å². The third-order valence-electron chi connectivity index (χ3n) is 3.82. The van der Waals surface area contributed by atoms with Gasteiger partial charge in [-0.2, -0.15) is 16.9 Å². The van der Waals surface area contributed by atoms with E-state index in [1.54, 1.807) is 16.8 Å². The molecule has 5 nitrogen and oxygen atoms in total. The first-order valence-corrected chi connectivity index (χ1v) is 8.70. The number of hydrogen-bond donors (Lipinski definition) is 1. The average Bonchev–Trinajstić information content (AvgIpc) is 2.95. The first-order chi connectivity index (χ1) is 11.1. The number of rotatable bonds is 3. The number of aromatic nitrogens is 2. The topological polar surface area (TPSA) is 50.2 Å². The fraction of sp³-hybridized carbons (Fsp3) is 0.375. The number of benzene rings is 1. The fourth-order valence-corrected chi connectivity index (χ4v) is 3.35. The van der Waals surface area contributed by atoms with Crippen LogP contribution >= 0.6 is 11.8 Å². The highest BCUT2D eigenvalue weighted by atomic mass is 32.2. The van der Waals surface area contributed by atoms with E-state index in [0.29, 0.717) is 6.54 Å². The van der Waals surface area contributed by atoms with E-state index in [1.165, 1.54) is 12.1 Å². The van der Waals surface area contributed by atoms with Crippen molar-refractivity contribution in [3.05, 3.63) is 47.5 Å². The van der Waals surface area contributed by atoms with E-state index in [4.69, 9.17) is 0 Å². The Morgan fingerprint density at radius 3 is 2.70 bits per heavy atom. The predicted octanol–water partition coefficient (Wildman–Crippen LogP) is 2.58. The number of amides is 2. The van der Waals surface area contributed by atoms with Crippen molar-refractivity contribution in [3.8, 4) is 5.69 Å². The Kier molecular flexibility index (Phi) is 4.85. The summed E-state index contributed by atoms with van der Waals surface area (Å²) in [7, 11) is 0. The number of nitrogens with one attached hydrogen (secondary N) is 1. The number of carbonyl (C=O) groups excluding carboxylic acids is 1. The highest BCUT2D eigenvalue weighted by molar-refractivity contribution is 7.99. The van der Waals surface area contributed by atoms with Crippen LogP contribution in [0, 0.1) is 12.7 Å². The molecule has 0 atom stereocenters. The molecule has 2 aromatic rings. The maximum absolute atomic E-state index is 13.0. The number of thioether (sulfide) groups is 1. The van der Waals surface area contributed by atoms with Gasteiger partial charge in [0.2, 0.25) is 0 Å². The Bertz CT molecular complexity index is 680. The molecule has 0 radical (unpaired) electrons. The molecule has 0 spiro atoms. The summed E-state index contributed by atoms with van der Waals surface area (Å²) in [4.78, 5) is 14.0. The molecule has 1 aliphatic heterocycles. The molecule has 1 saturated heterocycles. The van der Waals surface area contributed by atoms with Gasteiger partial charge in [0.15, 0.2) is 0 Å². The minimum atomic E-state index is -0.273. The average molecular weight is 334 g/mol. The number of nitrogens with zero attached hydrogens (tertiary/aromatic N) is 3. The summed E-state index contributed by atoms with van der Waals surface area (Å²) in [6.45, 7) is 3.93. The Hall–Kier alpha value is -2.02. The molecule has 23 heavy (non-hydrogen) atoms. The first kappa shape index (κ1) is 15.9. The molecular formula is C16H19FN4OS. The van der Waals surface area contributed by atoms with Gasteiger partial charge in [0, 0.05) is 42.9 Å². The summed E-state index contributed by atoms with van der Waals surface area (Å²) in [5, 5.41) is 7.37. The van der Waals surface area contributed by atoms with E-state index in [1.807, 2.05) is 29.8 Å². The van der Waals surface area contributed by atoms with Crippen LogP contribution in [-0.2, 0) is 6.54 Å². The molecule has 1 aliphatic rings. The summed E-state index contributed by atoms with van der Waals surface area (Å²) >= 11 is 1.87. The molecule has 2 heterocycles. The molecule has 1 N–H and O–H groups in total. The van der Waals surface area contributed by atoms with E-state index in [9.17, 15) is 9.18 Å². The molecule has 1 aromatic heterocycles. The van der Waals surface area contributed by atoms with E-state index in [2.05, 4.69) is 10.4 Å². The fourth-order valence-electron chi connectivity index (χ4n) is 2.44. The van der Waals surface area contributed by atoms with Gasteiger partial charge in [0.05, 0.1) is 11.4 Å². The van der Waals surface area contributed by atoms with Crippen LogP contribution in [0.25, 0.3) is 5.69 Å². The zero-order valence-electron chi connectivity index (χ0n) is 13.0. The van der Waals surface area contributed by atoms with Gasteiger partial charge in [-0.05, 0) is 31.2 Å². The van der Waals surface area contributed by atoms with Gasteiger partial charge in [0.25, 0.3) is 0 Å². The lowest BCUT2D eigenvalue weighted by Gasteiger charge is -2.26. The number of halogens is 1. The van der Waals surface area contributed by atoms with Crippen molar-refractivity contribution >= 4 is 17.8 Å². The molecule has 1 aromatic carbocycles. The van der Waals surface area contributed by atoms with Crippen LogP contribution in [0.2, 0.25) is 0 Å². The van der Waals surface area contributed by atoms with E-state index in [-0.39, 0.29) is 11.8 Å². The van der Waals surface area contributed by atoms with Crippen LogP contribution in [0.1, 0.15) is 11.3 Å². The number of aryl methyl sites for hydroxylation is 1. The Morgan fingerprint density at radius 2 is 2.00 bits per heavy atom. The van der Waals surface area contributed by atoms with Gasteiger partial charge in [-0.25, -0.2) is 13.9 Å². The van der Waals surface area contributed by atoms with Crippen molar-refractivity contribution in [1.82, 2.24) is 20.0 Å². The molecule has 0 unspecified atom stereocenters.